The number of amides is 5. The number of carbonyl (C=O) groups is 5. The number of aromatic nitrogens is 3. The summed E-state index contributed by atoms with van der Waals surface area (Å²) >= 11 is 0. The molecule has 4 rings (SSSR count). The van der Waals surface area contributed by atoms with E-state index in [0.29, 0.717) is 26.4 Å². The minimum Gasteiger partial charge on any atom is -0.377 e. The quantitative estimate of drug-likeness (QED) is 0.243. The van der Waals surface area contributed by atoms with Crippen LogP contribution in [0, 0.1) is 0 Å². The first-order valence-corrected chi connectivity index (χ1v) is 12.7. The third-order valence-electron chi connectivity index (χ3n) is 6.13. The molecule has 0 bridgehead atoms. The van der Waals surface area contributed by atoms with Crippen LogP contribution in [0.1, 0.15) is 46.2 Å². The maximum absolute atomic E-state index is 13.1. The van der Waals surface area contributed by atoms with Crippen LogP contribution in [-0.4, -0.2) is 95.1 Å². The second-order valence-electron chi connectivity index (χ2n) is 8.83. The Bertz CT molecular complexity index is 1240. The molecule has 1 fully saturated rings. The molecule has 1 aromatic heterocycles. The number of piperidine rings is 1. The van der Waals surface area contributed by atoms with Gasteiger partial charge in [-0.25, -0.2) is 4.68 Å². The minimum absolute atomic E-state index is 0.00138. The van der Waals surface area contributed by atoms with E-state index >= 15 is 0 Å². The Labute approximate surface area is 223 Å². The van der Waals surface area contributed by atoms with Crippen molar-refractivity contribution in [3.63, 3.8) is 0 Å². The molecule has 1 aromatic carbocycles. The van der Waals surface area contributed by atoms with Crippen LogP contribution in [-0.2, 0) is 41.6 Å². The van der Waals surface area contributed by atoms with Gasteiger partial charge in [0.15, 0.2) is 0 Å². The molecule has 1 unspecified atom stereocenters. The smallest absolute Gasteiger partial charge is 0.264 e. The van der Waals surface area contributed by atoms with E-state index in [4.69, 9.17) is 14.2 Å². The third kappa shape index (κ3) is 6.90. The van der Waals surface area contributed by atoms with E-state index in [9.17, 15) is 24.0 Å². The highest BCUT2D eigenvalue weighted by molar-refractivity contribution is 6.26. The molecule has 0 aliphatic carbocycles. The Balaban J connectivity index is 1.15. The highest BCUT2D eigenvalue weighted by Gasteiger charge is 2.45. The van der Waals surface area contributed by atoms with Gasteiger partial charge in [0.05, 0.1) is 62.1 Å². The van der Waals surface area contributed by atoms with Gasteiger partial charge in [0.2, 0.25) is 17.7 Å². The lowest BCUT2D eigenvalue weighted by molar-refractivity contribution is -0.136. The average Bonchev–Trinajstić information content (AvgIpc) is 3.48. The molecule has 3 heterocycles. The van der Waals surface area contributed by atoms with Crippen molar-refractivity contribution in [2.75, 3.05) is 45.0 Å². The summed E-state index contributed by atoms with van der Waals surface area (Å²) in [6, 6.07) is 3.38. The number of fused-ring (bicyclic) bond motifs is 1. The van der Waals surface area contributed by atoms with E-state index in [2.05, 4.69) is 20.9 Å². The summed E-state index contributed by atoms with van der Waals surface area (Å²) in [5, 5.41) is 12.7. The van der Waals surface area contributed by atoms with E-state index in [1.807, 2.05) is 13.1 Å². The predicted octanol–water partition coefficient (Wildman–Crippen LogP) is -0.0698. The van der Waals surface area contributed by atoms with E-state index in [0.717, 1.165) is 17.0 Å². The summed E-state index contributed by atoms with van der Waals surface area (Å²) in [5.74, 6) is -3.04. The molecular weight excluding hydrogens is 512 g/mol. The maximum Gasteiger partial charge on any atom is 0.264 e. The number of ether oxygens (including phenoxy) is 3. The number of rotatable bonds is 14. The number of hydrogen-bond acceptors (Lipinski definition) is 10. The van der Waals surface area contributed by atoms with Crippen molar-refractivity contribution >= 4 is 35.2 Å². The molecule has 1 atom stereocenters. The molecule has 0 saturated carbocycles. The Morgan fingerprint density at radius 1 is 1.05 bits per heavy atom. The second kappa shape index (κ2) is 13.2. The van der Waals surface area contributed by atoms with Crippen LogP contribution < -0.4 is 10.6 Å². The molecule has 2 N–H and O–H groups in total. The van der Waals surface area contributed by atoms with Crippen molar-refractivity contribution in [1.29, 1.82) is 0 Å². The molecule has 0 radical (unpaired) electrons. The fourth-order valence-corrected chi connectivity index (χ4v) is 4.18. The van der Waals surface area contributed by atoms with Crippen molar-refractivity contribution in [2.45, 2.75) is 38.8 Å². The van der Waals surface area contributed by atoms with Gasteiger partial charge in [-0.1, -0.05) is 18.2 Å². The predicted molar refractivity (Wildman–Crippen MR) is 134 cm³/mol. The number of benzene rings is 1. The van der Waals surface area contributed by atoms with Crippen LogP contribution in [0.3, 0.4) is 0 Å². The minimum atomic E-state index is -1.09. The summed E-state index contributed by atoms with van der Waals surface area (Å²) in [4.78, 5) is 62.9. The highest BCUT2D eigenvalue weighted by Crippen LogP contribution is 2.32. The SMILES string of the molecule is CCc1cn(CCOCCOCCOCC(=O)Nc2cccc3c2C(=O)N(C2CCC(=O)NC2=O)C3=O)nn1. The summed E-state index contributed by atoms with van der Waals surface area (Å²) in [7, 11) is 0. The number of nitrogens with one attached hydrogen (secondary N) is 2. The van der Waals surface area contributed by atoms with Crippen LogP contribution >= 0.6 is 0 Å². The van der Waals surface area contributed by atoms with Gasteiger partial charge >= 0.3 is 0 Å². The normalized spacial score (nSPS) is 16.9. The van der Waals surface area contributed by atoms with E-state index in [-0.39, 0.29) is 49.5 Å². The van der Waals surface area contributed by atoms with Gasteiger partial charge in [-0.05, 0) is 25.0 Å². The van der Waals surface area contributed by atoms with Gasteiger partial charge in [-0.3, -0.25) is 34.2 Å². The Hall–Kier alpha value is -4.01. The monoisotopic (exact) mass is 542 g/mol. The second-order valence-corrected chi connectivity index (χ2v) is 8.83. The maximum atomic E-state index is 13.1. The number of aryl methyl sites for hydroxylation is 1. The van der Waals surface area contributed by atoms with E-state index in [1.165, 1.54) is 18.2 Å². The first-order chi connectivity index (χ1) is 18.9. The molecule has 14 heteroatoms. The number of imide groups is 2. The van der Waals surface area contributed by atoms with Crippen molar-refractivity contribution in [1.82, 2.24) is 25.2 Å². The lowest BCUT2D eigenvalue weighted by Gasteiger charge is -2.27. The van der Waals surface area contributed by atoms with Crippen LogP contribution in [0.15, 0.2) is 24.4 Å². The van der Waals surface area contributed by atoms with Crippen LogP contribution in [0.25, 0.3) is 0 Å². The number of nitrogens with zero attached hydrogens (tertiary/aromatic N) is 4. The zero-order valence-corrected chi connectivity index (χ0v) is 21.5. The zero-order valence-electron chi connectivity index (χ0n) is 21.5. The van der Waals surface area contributed by atoms with Gasteiger partial charge in [0.1, 0.15) is 12.6 Å². The average molecular weight is 543 g/mol. The summed E-state index contributed by atoms with van der Waals surface area (Å²) < 4.78 is 18.0. The van der Waals surface area contributed by atoms with Crippen LogP contribution in [0.4, 0.5) is 5.69 Å². The molecule has 14 nitrogen and oxygen atoms in total. The molecular formula is C25H30N6O8. The fraction of sp³-hybridized carbons (Fsp3) is 0.480. The fourth-order valence-electron chi connectivity index (χ4n) is 4.18. The first-order valence-electron chi connectivity index (χ1n) is 12.7. The largest absolute Gasteiger partial charge is 0.377 e. The van der Waals surface area contributed by atoms with Gasteiger partial charge < -0.3 is 19.5 Å². The summed E-state index contributed by atoms with van der Waals surface area (Å²) in [6.07, 6.45) is 2.78. The van der Waals surface area contributed by atoms with Crippen molar-refractivity contribution in [3.05, 3.63) is 41.2 Å². The summed E-state index contributed by atoms with van der Waals surface area (Å²) in [6.45, 7) is 3.99. The number of anilines is 1. The van der Waals surface area contributed by atoms with Gasteiger partial charge in [-0.15, -0.1) is 5.10 Å². The molecule has 39 heavy (non-hydrogen) atoms. The number of hydrogen-bond donors (Lipinski definition) is 2. The molecule has 5 amide bonds. The Kier molecular flexibility index (Phi) is 9.46. The molecule has 0 spiro atoms. The first kappa shape index (κ1) is 28.0. The molecule has 2 aliphatic heterocycles. The lowest BCUT2D eigenvalue weighted by Crippen LogP contribution is -2.54. The number of carbonyl (C=O) groups excluding carboxylic acids is 5. The van der Waals surface area contributed by atoms with Crippen LogP contribution in [0.2, 0.25) is 0 Å². The van der Waals surface area contributed by atoms with Crippen molar-refractivity contribution in [3.8, 4) is 0 Å². The lowest BCUT2D eigenvalue weighted by atomic mass is 10.0. The molecule has 208 valence electrons. The summed E-state index contributed by atoms with van der Waals surface area (Å²) in [5.41, 5.74) is 1.14. The molecule has 2 aromatic rings. The molecule has 2 aliphatic rings. The van der Waals surface area contributed by atoms with E-state index < -0.39 is 35.6 Å². The van der Waals surface area contributed by atoms with Crippen LogP contribution in [0.5, 0.6) is 0 Å². The van der Waals surface area contributed by atoms with Gasteiger partial charge in [-0.2, -0.15) is 0 Å². The Morgan fingerprint density at radius 3 is 2.51 bits per heavy atom. The molecule has 1 saturated heterocycles. The highest BCUT2D eigenvalue weighted by atomic mass is 16.5. The Morgan fingerprint density at radius 2 is 1.79 bits per heavy atom. The third-order valence-corrected chi connectivity index (χ3v) is 6.13. The van der Waals surface area contributed by atoms with Crippen molar-refractivity contribution < 1.29 is 38.2 Å². The van der Waals surface area contributed by atoms with Crippen molar-refractivity contribution in [2.24, 2.45) is 0 Å². The van der Waals surface area contributed by atoms with E-state index in [1.54, 1.807) is 4.68 Å². The van der Waals surface area contributed by atoms with Gasteiger partial charge in [0.25, 0.3) is 11.8 Å². The standard InChI is InChI=1S/C25H30N6O8/c1-2-16-14-30(29-28-16)8-9-37-10-11-38-12-13-39-15-21(33)26-18-5-3-4-17-22(18)25(36)31(24(17)35)19-6-7-20(32)27-23(19)34/h3-5,14,19H,2,6-13,15H2,1H3,(H,26,33)(H,27,32,34). The van der Waals surface area contributed by atoms with Gasteiger partial charge in [0, 0.05) is 12.6 Å². The zero-order chi connectivity index (χ0) is 27.8. The topological polar surface area (TPSA) is 171 Å².